The highest BCUT2D eigenvalue weighted by atomic mass is 32.2. The number of hydrogen-bond acceptors (Lipinski definition) is 3. The van der Waals surface area contributed by atoms with Crippen LogP contribution in [0.3, 0.4) is 0 Å². The fourth-order valence-electron chi connectivity index (χ4n) is 1.34. The molecule has 17 heavy (non-hydrogen) atoms. The summed E-state index contributed by atoms with van der Waals surface area (Å²) in [6.45, 7) is 8.04. The largest absolute Gasteiger partial charge is 0.495 e. The Balaban J connectivity index is 0.00000121. The molecule has 4 heteroatoms. The van der Waals surface area contributed by atoms with Crippen molar-refractivity contribution in [2.45, 2.75) is 38.5 Å². The fourth-order valence-corrected chi connectivity index (χ4v) is 2.21. The van der Waals surface area contributed by atoms with E-state index in [1.165, 1.54) is 13.4 Å². The summed E-state index contributed by atoms with van der Waals surface area (Å²) in [6, 6.07) is 5.27. The van der Waals surface area contributed by atoms with Gasteiger partial charge in [0.15, 0.2) is 9.84 Å². The summed E-state index contributed by atoms with van der Waals surface area (Å²) < 4.78 is 28.0. The predicted octanol–water partition coefficient (Wildman–Crippen LogP) is 3.25. The van der Waals surface area contributed by atoms with Crippen molar-refractivity contribution in [3.05, 3.63) is 23.8 Å². The zero-order chi connectivity index (χ0) is 13.6. The van der Waals surface area contributed by atoms with E-state index in [4.69, 9.17) is 4.74 Å². The molecular formula is C13H22O3S. The van der Waals surface area contributed by atoms with Crippen LogP contribution in [0.2, 0.25) is 0 Å². The molecule has 0 spiro atoms. The van der Waals surface area contributed by atoms with Crippen molar-refractivity contribution in [2.75, 3.05) is 13.4 Å². The quantitative estimate of drug-likeness (QED) is 0.836. The molecule has 0 aliphatic carbocycles. The maximum atomic E-state index is 11.5. The first-order valence-corrected chi connectivity index (χ1v) is 7.63. The third-order valence-electron chi connectivity index (χ3n) is 2.25. The number of ether oxygens (including phenoxy) is 1. The molecule has 0 heterocycles. The predicted molar refractivity (Wildman–Crippen MR) is 71.5 cm³/mol. The first kappa shape index (κ1) is 16.0. The molecule has 0 amide bonds. The van der Waals surface area contributed by atoms with E-state index in [9.17, 15) is 8.42 Å². The lowest BCUT2D eigenvalue weighted by molar-refractivity contribution is 0.402. The molecule has 1 rings (SSSR count). The first-order valence-electron chi connectivity index (χ1n) is 5.74. The second-order valence-electron chi connectivity index (χ2n) is 3.84. The van der Waals surface area contributed by atoms with Crippen LogP contribution in [-0.2, 0) is 9.84 Å². The molecule has 0 saturated carbocycles. The van der Waals surface area contributed by atoms with Gasteiger partial charge in [-0.2, -0.15) is 0 Å². The molecule has 0 aliphatic heterocycles. The van der Waals surface area contributed by atoms with Crippen LogP contribution in [-0.4, -0.2) is 21.8 Å². The van der Waals surface area contributed by atoms with Gasteiger partial charge in [-0.1, -0.05) is 33.8 Å². The molecule has 3 nitrogen and oxygen atoms in total. The van der Waals surface area contributed by atoms with Crippen molar-refractivity contribution in [1.82, 2.24) is 0 Å². The van der Waals surface area contributed by atoms with E-state index in [0.717, 1.165) is 5.56 Å². The Bertz CT molecular complexity index is 448. The van der Waals surface area contributed by atoms with E-state index in [1.807, 2.05) is 33.8 Å². The molecule has 0 aromatic heterocycles. The molecule has 0 aliphatic rings. The van der Waals surface area contributed by atoms with Gasteiger partial charge in [0.2, 0.25) is 0 Å². The molecule has 0 bridgehead atoms. The van der Waals surface area contributed by atoms with Gasteiger partial charge in [-0.15, -0.1) is 0 Å². The minimum Gasteiger partial charge on any atom is -0.495 e. The fraction of sp³-hybridized carbons (Fsp3) is 0.538. The minimum atomic E-state index is -3.23. The van der Waals surface area contributed by atoms with Crippen LogP contribution in [0, 0.1) is 0 Å². The van der Waals surface area contributed by atoms with Crippen LogP contribution in [0.4, 0.5) is 0 Å². The average Bonchev–Trinajstić information content (AvgIpc) is 2.29. The molecule has 0 unspecified atom stereocenters. The van der Waals surface area contributed by atoms with Gasteiger partial charge in [0.1, 0.15) is 10.6 Å². The van der Waals surface area contributed by atoms with Gasteiger partial charge in [-0.3, -0.25) is 0 Å². The SMILES string of the molecule is CC.COc1ccc(C(C)C)cc1S(C)(=O)=O. The first-order chi connectivity index (χ1) is 7.86. The van der Waals surface area contributed by atoms with Gasteiger partial charge < -0.3 is 4.74 Å². The highest BCUT2D eigenvalue weighted by Gasteiger charge is 2.15. The lowest BCUT2D eigenvalue weighted by Crippen LogP contribution is -2.02. The van der Waals surface area contributed by atoms with Crippen LogP contribution in [0.25, 0.3) is 0 Å². The number of rotatable bonds is 3. The van der Waals surface area contributed by atoms with Crippen LogP contribution in [0.1, 0.15) is 39.2 Å². The van der Waals surface area contributed by atoms with Crippen molar-refractivity contribution < 1.29 is 13.2 Å². The lowest BCUT2D eigenvalue weighted by Gasteiger charge is -2.11. The zero-order valence-electron chi connectivity index (χ0n) is 11.4. The topological polar surface area (TPSA) is 43.4 Å². The molecule has 0 radical (unpaired) electrons. The summed E-state index contributed by atoms with van der Waals surface area (Å²) in [7, 11) is -1.76. The van der Waals surface area contributed by atoms with E-state index in [-0.39, 0.29) is 4.90 Å². The normalized spacial score (nSPS) is 10.8. The maximum Gasteiger partial charge on any atom is 0.179 e. The number of benzene rings is 1. The van der Waals surface area contributed by atoms with Gasteiger partial charge in [-0.05, 0) is 23.6 Å². The summed E-state index contributed by atoms with van der Waals surface area (Å²) in [6.07, 6.45) is 1.19. The van der Waals surface area contributed by atoms with E-state index < -0.39 is 9.84 Å². The Morgan fingerprint density at radius 1 is 1.18 bits per heavy atom. The van der Waals surface area contributed by atoms with E-state index in [1.54, 1.807) is 12.1 Å². The van der Waals surface area contributed by atoms with Crippen molar-refractivity contribution >= 4 is 9.84 Å². The van der Waals surface area contributed by atoms with E-state index in [0.29, 0.717) is 11.7 Å². The van der Waals surface area contributed by atoms with E-state index in [2.05, 4.69) is 0 Å². The van der Waals surface area contributed by atoms with Crippen molar-refractivity contribution in [2.24, 2.45) is 0 Å². The van der Waals surface area contributed by atoms with Gasteiger partial charge in [0, 0.05) is 6.26 Å². The molecule has 0 fully saturated rings. The smallest absolute Gasteiger partial charge is 0.179 e. The molecule has 0 saturated heterocycles. The Hall–Kier alpha value is -1.03. The van der Waals surface area contributed by atoms with Crippen molar-refractivity contribution in [1.29, 1.82) is 0 Å². The van der Waals surface area contributed by atoms with Gasteiger partial charge in [0.05, 0.1) is 7.11 Å². The molecule has 1 aromatic rings. The Morgan fingerprint density at radius 2 is 1.71 bits per heavy atom. The minimum absolute atomic E-state index is 0.260. The third-order valence-corrected chi connectivity index (χ3v) is 3.37. The second-order valence-corrected chi connectivity index (χ2v) is 5.82. The second kappa shape index (κ2) is 6.64. The molecule has 1 aromatic carbocycles. The van der Waals surface area contributed by atoms with Gasteiger partial charge >= 0.3 is 0 Å². The number of sulfone groups is 1. The lowest BCUT2D eigenvalue weighted by atomic mass is 10.0. The zero-order valence-corrected chi connectivity index (χ0v) is 12.3. The molecule has 98 valence electrons. The summed E-state index contributed by atoms with van der Waals surface area (Å²) in [5.74, 6) is 0.707. The highest BCUT2D eigenvalue weighted by molar-refractivity contribution is 7.90. The Labute approximate surface area is 105 Å². The average molecular weight is 258 g/mol. The van der Waals surface area contributed by atoms with Gasteiger partial charge in [0.25, 0.3) is 0 Å². The van der Waals surface area contributed by atoms with Crippen LogP contribution in [0.15, 0.2) is 23.1 Å². The molecular weight excluding hydrogens is 236 g/mol. The summed E-state index contributed by atoms with van der Waals surface area (Å²) in [4.78, 5) is 0.260. The number of methoxy groups -OCH3 is 1. The van der Waals surface area contributed by atoms with E-state index >= 15 is 0 Å². The van der Waals surface area contributed by atoms with Gasteiger partial charge in [-0.25, -0.2) is 8.42 Å². The number of hydrogen-bond donors (Lipinski definition) is 0. The van der Waals surface area contributed by atoms with Crippen LogP contribution < -0.4 is 4.74 Å². The molecule has 0 atom stereocenters. The maximum absolute atomic E-state index is 11.5. The Kier molecular flexibility index (Phi) is 6.24. The monoisotopic (exact) mass is 258 g/mol. The standard InChI is InChI=1S/C11H16O3S.C2H6/c1-8(2)9-5-6-10(14-3)11(7-9)15(4,12)13;1-2/h5-8H,1-4H3;1-2H3. The highest BCUT2D eigenvalue weighted by Crippen LogP contribution is 2.27. The Morgan fingerprint density at radius 3 is 2.06 bits per heavy atom. The molecule has 0 N–H and O–H groups in total. The van der Waals surface area contributed by atoms with Crippen molar-refractivity contribution in [3.63, 3.8) is 0 Å². The van der Waals surface area contributed by atoms with Crippen LogP contribution in [0.5, 0.6) is 5.75 Å². The summed E-state index contributed by atoms with van der Waals surface area (Å²) in [5, 5.41) is 0. The third kappa shape index (κ3) is 4.38. The van der Waals surface area contributed by atoms with Crippen LogP contribution >= 0.6 is 0 Å². The van der Waals surface area contributed by atoms with Crippen molar-refractivity contribution in [3.8, 4) is 5.75 Å². The summed E-state index contributed by atoms with van der Waals surface area (Å²) >= 11 is 0. The summed E-state index contributed by atoms with van der Waals surface area (Å²) in [5.41, 5.74) is 0.997.